The van der Waals surface area contributed by atoms with Gasteiger partial charge in [-0.25, -0.2) is 4.79 Å². The summed E-state index contributed by atoms with van der Waals surface area (Å²) in [4.78, 5) is 23.2. The third-order valence-electron chi connectivity index (χ3n) is 2.04. The maximum Gasteiger partial charge on any atom is 0.323 e. The molecule has 2 amide bonds. The Balaban J connectivity index is 2.70. The fourth-order valence-electron chi connectivity index (χ4n) is 1.32. The molecule has 5 nitrogen and oxygen atoms in total. The Morgan fingerprint density at radius 3 is 2.44 bits per heavy atom. The number of hydrogen-bond acceptors (Lipinski definition) is 2. The van der Waals surface area contributed by atoms with Crippen LogP contribution in [0.25, 0.3) is 0 Å². The number of carboxylic acid groups (broad SMARTS) is 1. The number of amides is 2. The molecule has 0 saturated heterocycles. The molecule has 0 aliphatic rings. The molecule has 5 heteroatoms. The first-order valence-corrected chi connectivity index (χ1v) is 4.86. The normalized spacial score (nSPS) is 9.56. The van der Waals surface area contributed by atoms with E-state index in [4.69, 9.17) is 5.11 Å². The van der Waals surface area contributed by atoms with Gasteiger partial charge in [0.1, 0.15) is 6.54 Å². The lowest BCUT2D eigenvalue weighted by molar-refractivity contribution is -0.137. The first-order valence-electron chi connectivity index (χ1n) is 4.86. The lowest BCUT2D eigenvalue weighted by atomic mass is 10.2. The third-order valence-corrected chi connectivity index (χ3v) is 2.04. The van der Waals surface area contributed by atoms with Crippen molar-refractivity contribution in [2.45, 2.75) is 6.54 Å². The maximum absolute atomic E-state index is 11.4. The second-order valence-corrected chi connectivity index (χ2v) is 3.29. The molecule has 0 spiro atoms. The zero-order valence-corrected chi connectivity index (χ0v) is 9.01. The van der Waals surface area contributed by atoms with Gasteiger partial charge in [-0.3, -0.25) is 4.79 Å². The van der Waals surface area contributed by atoms with Gasteiger partial charge >= 0.3 is 12.0 Å². The number of rotatable bonds is 4. The van der Waals surface area contributed by atoms with Gasteiger partial charge in [0.05, 0.1) is 0 Å². The summed E-state index contributed by atoms with van der Waals surface area (Å²) in [7, 11) is 1.47. The lowest BCUT2D eigenvalue weighted by Gasteiger charge is -2.19. The van der Waals surface area contributed by atoms with E-state index in [0.717, 1.165) is 5.56 Å². The van der Waals surface area contributed by atoms with Gasteiger partial charge in [0.25, 0.3) is 0 Å². The number of carbonyl (C=O) groups is 2. The van der Waals surface area contributed by atoms with E-state index in [1.165, 1.54) is 11.9 Å². The van der Waals surface area contributed by atoms with Gasteiger partial charge in [0, 0.05) is 13.6 Å². The average molecular weight is 222 g/mol. The van der Waals surface area contributed by atoms with Gasteiger partial charge < -0.3 is 15.3 Å². The zero-order valence-electron chi connectivity index (χ0n) is 9.01. The Labute approximate surface area is 93.7 Å². The standard InChI is InChI=1S/C11H14N2O3/c1-12-11(16)13(8-10(14)15)7-9-5-3-2-4-6-9/h2-6H,7-8H2,1H3,(H,12,16)(H,14,15). The van der Waals surface area contributed by atoms with Gasteiger partial charge in [0.2, 0.25) is 0 Å². The van der Waals surface area contributed by atoms with Crippen molar-refractivity contribution >= 4 is 12.0 Å². The van der Waals surface area contributed by atoms with Gasteiger partial charge in [-0.1, -0.05) is 30.3 Å². The largest absolute Gasteiger partial charge is 0.480 e. The minimum absolute atomic E-state index is 0.285. The third kappa shape index (κ3) is 3.61. The number of nitrogens with zero attached hydrogens (tertiary/aromatic N) is 1. The van der Waals surface area contributed by atoms with Crippen LogP contribution in [0, 0.1) is 0 Å². The fraction of sp³-hybridized carbons (Fsp3) is 0.273. The Morgan fingerprint density at radius 2 is 1.94 bits per heavy atom. The van der Waals surface area contributed by atoms with Crippen LogP contribution in [0.3, 0.4) is 0 Å². The fourth-order valence-corrected chi connectivity index (χ4v) is 1.32. The summed E-state index contributed by atoms with van der Waals surface area (Å²) < 4.78 is 0. The number of benzene rings is 1. The van der Waals surface area contributed by atoms with Crippen LogP contribution in [0.1, 0.15) is 5.56 Å². The van der Waals surface area contributed by atoms with Crippen LogP contribution in [-0.2, 0) is 11.3 Å². The van der Waals surface area contributed by atoms with Crippen molar-refractivity contribution in [2.24, 2.45) is 0 Å². The summed E-state index contributed by atoms with van der Waals surface area (Å²) >= 11 is 0. The molecular formula is C11H14N2O3. The smallest absolute Gasteiger partial charge is 0.323 e. The Hall–Kier alpha value is -2.04. The summed E-state index contributed by atoms with van der Waals surface area (Å²) in [5.74, 6) is -1.03. The molecule has 0 aliphatic heterocycles. The summed E-state index contributed by atoms with van der Waals surface area (Å²) in [5, 5.41) is 11.1. The van der Waals surface area contributed by atoms with E-state index in [1.54, 1.807) is 0 Å². The van der Waals surface area contributed by atoms with Crippen LogP contribution in [0.4, 0.5) is 4.79 Å². The molecule has 0 heterocycles. The molecule has 0 atom stereocenters. The highest BCUT2D eigenvalue weighted by Gasteiger charge is 2.15. The van der Waals surface area contributed by atoms with Crippen molar-refractivity contribution in [3.05, 3.63) is 35.9 Å². The van der Waals surface area contributed by atoms with Gasteiger partial charge in [-0.15, -0.1) is 0 Å². The first kappa shape index (κ1) is 12.0. The minimum Gasteiger partial charge on any atom is -0.480 e. The van der Waals surface area contributed by atoms with Crippen molar-refractivity contribution in [2.75, 3.05) is 13.6 Å². The number of hydrogen-bond donors (Lipinski definition) is 2. The van der Waals surface area contributed by atoms with Gasteiger partial charge in [-0.2, -0.15) is 0 Å². The predicted molar refractivity (Wildman–Crippen MR) is 58.9 cm³/mol. The quantitative estimate of drug-likeness (QED) is 0.795. The monoisotopic (exact) mass is 222 g/mol. The Bertz CT molecular complexity index is 365. The summed E-state index contributed by atoms with van der Waals surface area (Å²) in [5.41, 5.74) is 0.896. The topological polar surface area (TPSA) is 69.6 Å². The van der Waals surface area contributed by atoms with Crippen LogP contribution in [0.2, 0.25) is 0 Å². The molecule has 0 bridgehead atoms. The molecule has 0 radical (unpaired) electrons. The van der Waals surface area contributed by atoms with E-state index in [1.807, 2.05) is 30.3 Å². The molecule has 0 saturated carbocycles. The molecule has 1 rings (SSSR count). The Kier molecular flexibility index (Phi) is 4.32. The summed E-state index contributed by atoms with van der Waals surface area (Å²) in [6.45, 7) is -0.0264. The van der Waals surface area contributed by atoms with Crippen molar-refractivity contribution in [3.63, 3.8) is 0 Å². The average Bonchev–Trinajstić information content (AvgIpc) is 2.28. The lowest BCUT2D eigenvalue weighted by Crippen LogP contribution is -2.40. The summed E-state index contributed by atoms with van der Waals surface area (Å²) in [6.07, 6.45) is 0. The number of carbonyl (C=O) groups excluding carboxylic acids is 1. The molecule has 1 aromatic carbocycles. The van der Waals surface area contributed by atoms with Crippen LogP contribution in [0.5, 0.6) is 0 Å². The van der Waals surface area contributed by atoms with E-state index >= 15 is 0 Å². The number of urea groups is 1. The maximum atomic E-state index is 11.4. The zero-order chi connectivity index (χ0) is 12.0. The van der Waals surface area contributed by atoms with Crippen LogP contribution >= 0.6 is 0 Å². The second kappa shape index (κ2) is 5.75. The Morgan fingerprint density at radius 1 is 1.31 bits per heavy atom. The van der Waals surface area contributed by atoms with Crippen molar-refractivity contribution in [3.8, 4) is 0 Å². The highest BCUT2D eigenvalue weighted by atomic mass is 16.4. The molecule has 0 unspecified atom stereocenters. The highest BCUT2D eigenvalue weighted by Crippen LogP contribution is 2.04. The number of aliphatic carboxylic acids is 1. The van der Waals surface area contributed by atoms with Crippen LogP contribution in [0.15, 0.2) is 30.3 Å². The van der Waals surface area contributed by atoms with E-state index in [2.05, 4.69) is 5.32 Å². The predicted octanol–water partition coefficient (Wildman–Crippen LogP) is 0.913. The molecule has 86 valence electrons. The van der Waals surface area contributed by atoms with E-state index < -0.39 is 12.0 Å². The molecule has 1 aromatic rings. The van der Waals surface area contributed by atoms with Crippen LogP contribution < -0.4 is 5.32 Å². The van der Waals surface area contributed by atoms with E-state index in [0.29, 0.717) is 0 Å². The number of carboxylic acids is 1. The van der Waals surface area contributed by atoms with Crippen molar-refractivity contribution < 1.29 is 14.7 Å². The molecule has 0 aliphatic carbocycles. The molecule has 0 aromatic heterocycles. The van der Waals surface area contributed by atoms with Gasteiger partial charge in [-0.05, 0) is 5.56 Å². The van der Waals surface area contributed by atoms with Crippen molar-refractivity contribution in [1.82, 2.24) is 10.2 Å². The van der Waals surface area contributed by atoms with Gasteiger partial charge in [0.15, 0.2) is 0 Å². The molecule has 2 N–H and O–H groups in total. The molecule has 0 fully saturated rings. The second-order valence-electron chi connectivity index (χ2n) is 3.29. The SMILES string of the molecule is CNC(=O)N(CC(=O)O)Cc1ccccc1. The molecular weight excluding hydrogens is 208 g/mol. The highest BCUT2D eigenvalue weighted by molar-refractivity contribution is 5.79. The van der Waals surface area contributed by atoms with Crippen molar-refractivity contribution in [1.29, 1.82) is 0 Å². The van der Waals surface area contributed by atoms with E-state index in [9.17, 15) is 9.59 Å². The van der Waals surface area contributed by atoms with E-state index in [-0.39, 0.29) is 13.1 Å². The van der Waals surface area contributed by atoms with Crippen LogP contribution in [-0.4, -0.2) is 35.6 Å². The summed E-state index contributed by atoms with van der Waals surface area (Å²) in [6, 6.07) is 8.85. The molecule has 16 heavy (non-hydrogen) atoms. The minimum atomic E-state index is -1.03. The first-order chi connectivity index (χ1) is 7.63. The number of nitrogens with one attached hydrogen (secondary N) is 1.